The van der Waals surface area contributed by atoms with Crippen molar-refractivity contribution in [2.24, 2.45) is 0 Å². The van der Waals surface area contributed by atoms with E-state index in [-0.39, 0.29) is 33.3 Å². The van der Waals surface area contributed by atoms with E-state index in [1.54, 1.807) is 0 Å². The molecule has 5 N–H and O–H groups in total. The predicted molar refractivity (Wildman–Crippen MR) is 20.9 cm³/mol. The third kappa shape index (κ3) is 18.0. The van der Waals surface area contributed by atoms with Crippen molar-refractivity contribution in [2.45, 2.75) is 6.43 Å². The first-order valence-electron chi connectivity index (χ1n) is 1.15. The first-order valence-corrected chi connectivity index (χ1v) is 1.15. The molecule has 0 atom stereocenters. The van der Waals surface area contributed by atoms with Crippen LogP contribution in [0.15, 0.2) is 0 Å². The second kappa shape index (κ2) is 10.9. The summed E-state index contributed by atoms with van der Waals surface area (Å²) < 4.78 is 21.1. The van der Waals surface area contributed by atoms with E-state index in [0.29, 0.717) is 0 Å². The van der Waals surface area contributed by atoms with E-state index >= 15 is 0 Å². The number of hydrogen-bond acceptors (Lipinski definition) is 1. The van der Waals surface area contributed by atoms with Crippen molar-refractivity contribution >= 4 is 5.97 Å². The van der Waals surface area contributed by atoms with Gasteiger partial charge in [0.15, 0.2) is 0 Å². The van der Waals surface area contributed by atoms with Gasteiger partial charge in [-0.1, -0.05) is 0 Å². The minimum atomic E-state index is -3.23. The molecule has 9 heavy (non-hydrogen) atoms. The maximum atomic E-state index is 10.6. The van der Waals surface area contributed by atoms with Gasteiger partial charge in [0.1, 0.15) is 0 Å². The molecule has 0 amide bonds. The molecule has 0 rings (SSSR count). The Hall–Kier alpha value is -0.00974. The number of hydrogen-bond donors (Lipinski definition) is 1. The zero-order valence-corrected chi connectivity index (χ0v) is 5.47. The number of carbonyl (C=O) groups is 1. The molecule has 0 unspecified atom stereocenters. The maximum absolute atomic E-state index is 10.6. The zero-order valence-electron chi connectivity index (χ0n) is 3.99. The van der Waals surface area contributed by atoms with Crippen LogP contribution in [-0.4, -0.2) is 28.5 Å². The van der Waals surface area contributed by atoms with Crippen LogP contribution in [0.5, 0.6) is 0 Å². The normalized spacial score (nSPS) is 6.11. The molecule has 0 bridgehead atoms. The molecule has 0 aromatic rings. The Morgan fingerprint density at radius 1 is 1.33 bits per heavy atom. The summed E-state index contributed by atoms with van der Waals surface area (Å²) in [6, 6.07) is 0. The molecule has 0 aliphatic rings. The van der Waals surface area contributed by atoms with Gasteiger partial charge in [-0.2, -0.15) is 8.78 Å². The largest absolute Gasteiger partial charge is 0.477 e. The Labute approximate surface area is 65.0 Å². The van der Waals surface area contributed by atoms with Crippen LogP contribution in [0.1, 0.15) is 0 Å². The summed E-state index contributed by atoms with van der Waals surface area (Å²) in [5, 5.41) is 7.24. The summed E-state index contributed by atoms with van der Waals surface area (Å²) in [4.78, 5) is 8.95. The summed E-state index contributed by atoms with van der Waals surface area (Å²) >= 11 is 0. The minimum absolute atomic E-state index is 0. The smallest absolute Gasteiger partial charge is 0.371 e. The molecule has 4 nitrogen and oxygen atoms in total. The monoisotopic (exact) mass is 239 g/mol. The van der Waals surface area contributed by atoms with Crippen LogP contribution in [0, 0.1) is 0 Å². The fraction of sp³-hybridized carbons (Fsp3) is 0.500. The van der Waals surface area contributed by atoms with Gasteiger partial charge in [-0.3, -0.25) is 0 Å². The first-order chi connectivity index (χ1) is 2.64. The van der Waals surface area contributed by atoms with Crippen LogP contribution in [0.4, 0.5) is 8.78 Å². The Morgan fingerprint density at radius 2 is 1.44 bits per heavy atom. The molecule has 0 saturated carbocycles. The topological polar surface area (TPSA) is 100 Å². The molecule has 0 aliphatic carbocycles. The molecule has 7 heteroatoms. The first kappa shape index (κ1) is 23.0. The fourth-order valence-corrected chi connectivity index (χ4v) is 0. The summed E-state index contributed by atoms with van der Waals surface area (Å²) in [6.07, 6.45) is -3.23. The average molecular weight is 240 g/mol. The van der Waals surface area contributed by atoms with E-state index in [2.05, 4.69) is 0 Å². The van der Waals surface area contributed by atoms with Crippen molar-refractivity contribution in [3.63, 3.8) is 0 Å². The molecular weight excluding hydrogens is 234 g/mol. The summed E-state index contributed by atoms with van der Waals surface area (Å²) in [5.41, 5.74) is 0. The molecule has 0 saturated heterocycles. The van der Waals surface area contributed by atoms with Gasteiger partial charge in [0.2, 0.25) is 0 Å². The van der Waals surface area contributed by atoms with Gasteiger partial charge in [0, 0.05) is 22.4 Å². The van der Waals surface area contributed by atoms with Gasteiger partial charge in [-0.05, 0) is 0 Å². The van der Waals surface area contributed by atoms with Gasteiger partial charge in [-0.15, -0.1) is 0 Å². The van der Waals surface area contributed by atoms with Crippen molar-refractivity contribution in [1.82, 2.24) is 0 Å². The average Bonchev–Trinajstić information content (AvgIpc) is 1.36. The summed E-state index contributed by atoms with van der Waals surface area (Å²) in [7, 11) is 0. The SMILES string of the molecule is O.O.O=C(O)C(F)F.[Ag]. The van der Waals surface area contributed by atoms with Gasteiger partial charge < -0.3 is 16.1 Å². The Morgan fingerprint density at radius 3 is 1.44 bits per heavy atom. The molecule has 63 valence electrons. The molecule has 0 aromatic carbocycles. The predicted octanol–water partition coefficient (Wildman–Crippen LogP) is -1.32. The van der Waals surface area contributed by atoms with E-state index in [1.807, 2.05) is 0 Å². The Bertz CT molecular complexity index is 67.6. The van der Waals surface area contributed by atoms with Crippen molar-refractivity contribution in [1.29, 1.82) is 0 Å². The van der Waals surface area contributed by atoms with Gasteiger partial charge in [0.05, 0.1) is 0 Å². The fourth-order valence-electron chi connectivity index (χ4n) is 0. The van der Waals surface area contributed by atoms with Crippen molar-refractivity contribution < 1.29 is 52.0 Å². The van der Waals surface area contributed by atoms with Crippen molar-refractivity contribution in [2.75, 3.05) is 0 Å². The standard InChI is InChI=1S/C2H2F2O2.Ag.2H2O/c3-1(4)2(5)6;;;/h1H,(H,5,6);;2*1H2. The number of carboxylic acids is 1. The third-order valence-corrected chi connectivity index (χ3v) is 0.187. The third-order valence-electron chi connectivity index (χ3n) is 0.187. The molecule has 0 fully saturated rings. The number of carboxylic acid groups (broad SMARTS) is 1. The van der Waals surface area contributed by atoms with Crippen LogP contribution in [0.25, 0.3) is 0 Å². The molecule has 0 heterocycles. The van der Waals surface area contributed by atoms with Crippen molar-refractivity contribution in [3.8, 4) is 0 Å². The van der Waals surface area contributed by atoms with E-state index in [9.17, 15) is 8.78 Å². The molecule has 0 aromatic heterocycles. The minimum Gasteiger partial charge on any atom is -0.477 e. The van der Waals surface area contributed by atoms with Crippen molar-refractivity contribution in [3.05, 3.63) is 0 Å². The second-order valence-corrected chi connectivity index (χ2v) is 0.639. The molecule has 0 spiro atoms. The molecule has 1 radical (unpaired) electrons. The summed E-state index contributed by atoms with van der Waals surface area (Å²) in [5.74, 6) is -2.07. The zero-order chi connectivity index (χ0) is 5.15. The quantitative estimate of drug-likeness (QED) is 0.575. The van der Waals surface area contributed by atoms with Gasteiger partial charge in [-0.25, -0.2) is 4.79 Å². The van der Waals surface area contributed by atoms with Crippen LogP contribution in [0.2, 0.25) is 0 Å². The Kier molecular flexibility index (Phi) is 27.9. The summed E-state index contributed by atoms with van der Waals surface area (Å²) in [6.45, 7) is 0. The van der Waals surface area contributed by atoms with E-state index in [0.717, 1.165) is 0 Å². The number of rotatable bonds is 1. The van der Waals surface area contributed by atoms with Gasteiger partial charge >= 0.3 is 12.4 Å². The molecule has 0 aliphatic heterocycles. The number of aliphatic carboxylic acids is 1. The van der Waals surface area contributed by atoms with E-state index in [4.69, 9.17) is 9.90 Å². The van der Waals surface area contributed by atoms with E-state index < -0.39 is 12.4 Å². The van der Waals surface area contributed by atoms with Crippen LogP contribution in [0.3, 0.4) is 0 Å². The van der Waals surface area contributed by atoms with E-state index in [1.165, 1.54) is 0 Å². The number of alkyl halides is 2. The number of halogens is 2. The maximum Gasteiger partial charge on any atom is 0.371 e. The second-order valence-electron chi connectivity index (χ2n) is 0.639. The van der Waals surface area contributed by atoms with Crippen LogP contribution >= 0.6 is 0 Å². The Balaban J connectivity index is -0.0000000417. The van der Waals surface area contributed by atoms with Crippen LogP contribution in [-0.2, 0) is 27.2 Å². The van der Waals surface area contributed by atoms with Gasteiger partial charge in [0.25, 0.3) is 0 Å². The molecular formula is C2H6AgF2O4. The van der Waals surface area contributed by atoms with Crippen LogP contribution < -0.4 is 0 Å².